The Labute approximate surface area is 156 Å². The van der Waals surface area contributed by atoms with Crippen LogP contribution in [0.25, 0.3) is 6.08 Å². The molecule has 27 heavy (non-hydrogen) atoms. The minimum absolute atomic E-state index is 0.168. The lowest BCUT2D eigenvalue weighted by molar-refractivity contribution is -0.135. The molecule has 0 fully saturated rings. The molecule has 138 valence electrons. The van der Waals surface area contributed by atoms with Crippen molar-refractivity contribution in [1.29, 1.82) is 5.26 Å². The van der Waals surface area contributed by atoms with Gasteiger partial charge in [0.25, 0.3) is 0 Å². The summed E-state index contributed by atoms with van der Waals surface area (Å²) in [5, 5.41) is 9.02. The van der Waals surface area contributed by atoms with Gasteiger partial charge in [-0.3, -0.25) is 0 Å². The molecule has 0 saturated heterocycles. The number of carbonyl (C=O) groups is 2. The van der Waals surface area contributed by atoms with Crippen molar-refractivity contribution in [3.8, 4) is 23.3 Å². The minimum Gasteiger partial charge on any atom is -0.497 e. The SMILES string of the molecule is COC(=O)/C(C#N)=C/c1cccc(OC(=O)c2cc(OC)cc(OC)c2)c1. The second-order valence-electron chi connectivity index (χ2n) is 5.22. The smallest absolute Gasteiger partial charge is 0.348 e. The molecule has 2 aromatic carbocycles. The zero-order chi connectivity index (χ0) is 19.8. The van der Waals surface area contributed by atoms with Gasteiger partial charge in [-0.05, 0) is 35.9 Å². The molecule has 0 aliphatic rings. The Kier molecular flexibility index (Phi) is 6.55. The normalized spacial score (nSPS) is 10.5. The average molecular weight is 367 g/mol. The predicted octanol–water partition coefficient (Wildman–Crippen LogP) is 3.00. The first kappa shape index (κ1) is 19.5. The summed E-state index contributed by atoms with van der Waals surface area (Å²) in [7, 11) is 4.15. The number of hydrogen-bond donors (Lipinski definition) is 0. The first-order chi connectivity index (χ1) is 13.0. The van der Waals surface area contributed by atoms with Crippen LogP contribution in [0.4, 0.5) is 0 Å². The van der Waals surface area contributed by atoms with E-state index in [1.807, 2.05) is 0 Å². The molecule has 0 spiro atoms. The first-order valence-corrected chi connectivity index (χ1v) is 7.76. The van der Waals surface area contributed by atoms with Gasteiger partial charge in [0.1, 0.15) is 28.9 Å². The molecule has 0 heterocycles. The van der Waals surface area contributed by atoms with Crippen molar-refractivity contribution in [2.45, 2.75) is 0 Å². The maximum Gasteiger partial charge on any atom is 0.348 e. The number of methoxy groups -OCH3 is 3. The predicted molar refractivity (Wildman–Crippen MR) is 96.6 cm³/mol. The molecule has 0 aromatic heterocycles. The zero-order valence-corrected chi connectivity index (χ0v) is 15.0. The molecule has 0 N–H and O–H groups in total. The Morgan fingerprint density at radius 1 is 0.963 bits per heavy atom. The van der Waals surface area contributed by atoms with Gasteiger partial charge in [0, 0.05) is 6.07 Å². The minimum atomic E-state index is -0.747. The lowest BCUT2D eigenvalue weighted by Gasteiger charge is -2.09. The molecule has 2 rings (SSSR count). The highest BCUT2D eigenvalue weighted by atomic mass is 16.5. The number of rotatable bonds is 6. The molecule has 0 unspecified atom stereocenters. The number of benzene rings is 2. The second kappa shape index (κ2) is 9.06. The maximum absolute atomic E-state index is 12.4. The molecule has 0 radical (unpaired) electrons. The third-order valence-electron chi connectivity index (χ3n) is 3.49. The van der Waals surface area contributed by atoms with Crippen LogP contribution < -0.4 is 14.2 Å². The third kappa shape index (κ3) is 5.09. The number of carbonyl (C=O) groups excluding carboxylic acids is 2. The van der Waals surface area contributed by atoms with Crippen LogP contribution in [0.1, 0.15) is 15.9 Å². The molecule has 0 aliphatic heterocycles. The summed E-state index contributed by atoms with van der Waals surface area (Å²) in [5.74, 6) is -0.202. The summed E-state index contributed by atoms with van der Waals surface area (Å²) >= 11 is 0. The summed E-state index contributed by atoms with van der Waals surface area (Å²) < 4.78 is 20.2. The van der Waals surface area contributed by atoms with E-state index in [1.165, 1.54) is 45.6 Å². The highest BCUT2D eigenvalue weighted by Crippen LogP contribution is 2.24. The fraction of sp³-hybridized carbons (Fsp3) is 0.150. The van der Waals surface area contributed by atoms with Crippen LogP contribution in [0, 0.1) is 11.3 Å². The number of esters is 2. The Bertz CT molecular complexity index is 904. The standard InChI is InChI=1S/C20H17NO6/c1-24-17-9-14(10-18(11-17)25-2)20(23)27-16-6-4-5-13(8-16)7-15(12-21)19(22)26-3/h4-11H,1-3H3/b15-7+. The van der Waals surface area contributed by atoms with Gasteiger partial charge >= 0.3 is 11.9 Å². The third-order valence-corrected chi connectivity index (χ3v) is 3.49. The number of nitriles is 1. The molecule has 0 amide bonds. The molecular formula is C20H17NO6. The van der Waals surface area contributed by atoms with E-state index < -0.39 is 11.9 Å². The summed E-state index contributed by atoms with van der Waals surface area (Å²) in [5.41, 5.74) is 0.586. The van der Waals surface area contributed by atoms with Gasteiger partial charge in [-0.15, -0.1) is 0 Å². The van der Waals surface area contributed by atoms with E-state index in [2.05, 4.69) is 4.74 Å². The van der Waals surface area contributed by atoms with Crippen LogP contribution >= 0.6 is 0 Å². The summed E-state index contributed by atoms with van der Waals surface area (Å²) in [6.45, 7) is 0. The van der Waals surface area contributed by atoms with Crippen LogP contribution in [0.2, 0.25) is 0 Å². The molecule has 7 heteroatoms. The summed E-state index contributed by atoms with van der Waals surface area (Å²) in [6.07, 6.45) is 1.34. The Balaban J connectivity index is 2.26. The van der Waals surface area contributed by atoms with Crippen LogP contribution in [-0.2, 0) is 9.53 Å². The van der Waals surface area contributed by atoms with Crippen LogP contribution in [0.5, 0.6) is 17.2 Å². The van der Waals surface area contributed by atoms with Crippen molar-refractivity contribution < 1.29 is 28.5 Å². The monoisotopic (exact) mass is 367 g/mol. The number of ether oxygens (including phenoxy) is 4. The van der Waals surface area contributed by atoms with Gasteiger partial charge in [-0.25, -0.2) is 9.59 Å². The number of hydrogen-bond acceptors (Lipinski definition) is 7. The summed E-state index contributed by atoms with van der Waals surface area (Å²) in [4.78, 5) is 23.9. The van der Waals surface area contributed by atoms with E-state index in [1.54, 1.807) is 30.3 Å². The highest BCUT2D eigenvalue weighted by Gasteiger charge is 2.13. The first-order valence-electron chi connectivity index (χ1n) is 7.76. The number of nitrogens with zero attached hydrogens (tertiary/aromatic N) is 1. The molecular weight excluding hydrogens is 350 g/mol. The average Bonchev–Trinajstić information content (AvgIpc) is 2.71. The summed E-state index contributed by atoms with van der Waals surface area (Å²) in [6, 6.07) is 12.9. The molecule has 7 nitrogen and oxygen atoms in total. The van der Waals surface area contributed by atoms with E-state index in [0.29, 0.717) is 17.1 Å². The van der Waals surface area contributed by atoms with Crippen molar-refractivity contribution >= 4 is 18.0 Å². The van der Waals surface area contributed by atoms with Gasteiger partial charge in [0.2, 0.25) is 0 Å². The Hall–Kier alpha value is -3.79. The van der Waals surface area contributed by atoms with E-state index in [-0.39, 0.29) is 16.9 Å². The Morgan fingerprint density at radius 3 is 2.19 bits per heavy atom. The second-order valence-corrected chi connectivity index (χ2v) is 5.22. The van der Waals surface area contributed by atoms with Gasteiger partial charge in [-0.1, -0.05) is 12.1 Å². The fourth-order valence-corrected chi connectivity index (χ4v) is 2.17. The van der Waals surface area contributed by atoms with Crippen LogP contribution in [0.3, 0.4) is 0 Å². The highest BCUT2D eigenvalue weighted by molar-refractivity contribution is 5.98. The van der Waals surface area contributed by atoms with Gasteiger partial charge in [0.05, 0.1) is 26.9 Å². The molecule has 0 bridgehead atoms. The van der Waals surface area contributed by atoms with Crippen molar-refractivity contribution in [3.63, 3.8) is 0 Å². The van der Waals surface area contributed by atoms with E-state index >= 15 is 0 Å². The van der Waals surface area contributed by atoms with Gasteiger partial charge in [0.15, 0.2) is 0 Å². The van der Waals surface area contributed by atoms with Crippen molar-refractivity contribution in [1.82, 2.24) is 0 Å². The van der Waals surface area contributed by atoms with Crippen LogP contribution in [0.15, 0.2) is 48.0 Å². The fourth-order valence-electron chi connectivity index (χ4n) is 2.17. The maximum atomic E-state index is 12.4. The van der Waals surface area contributed by atoms with Crippen molar-refractivity contribution in [3.05, 3.63) is 59.2 Å². The van der Waals surface area contributed by atoms with E-state index in [4.69, 9.17) is 19.5 Å². The van der Waals surface area contributed by atoms with E-state index in [0.717, 1.165) is 0 Å². The van der Waals surface area contributed by atoms with Crippen LogP contribution in [-0.4, -0.2) is 33.3 Å². The topological polar surface area (TPSA) is 94.9 Å². The quantitative estimate of drug-likeness (QED) is 0.335. The van der Waals surface area contributed by atoms with Gasteiger partial charge < -0.3 is 18.9 Å². The van der Waals surface area contributed by atoms with Gasteiger partial charge in [-0.2, -0.15) is 5.26 Å². The largest absolute Gasteiger partial charge is 0.497 e. The molecule has 0 saturated carbocycles. The lowest BCUT2D eigenvalue weighted by Crippen LogP contribution is -2.09. The zero-order valence-electron chi connectivity index (χ0n) is 15.0. The molecule has 0 atom stereocenters. The van der Waals surface area contributed by atoms with E-state index in [9.17, 15) is 9.59 Å². The van der Waals surface area contributed by atoms with Crippen molar-refractivity contribution in [2.24, 2.45) is 0 Å². The van der Waals surface area contributed by atoms with Crippen molar-refractivity contribution in [2.75, 3.05) is 21.3 Å². The molecule has 2 aromatic rings. The Morgan fingerprint density at radius 2 is 1.63 bits per heavy atom. The lowest BCUT2D eigenvalue weighted by atomic mass is 10.1. The molecule has 0 aliphatic carbocycles.